The highest BCUT2D eigenvalue weighted by Gasteiger charge is 2.17. The first-order valence-electron chi connectivity index (χ1n) is 8.60. The Morgan fingerprint density at radius 1 is 1.04 bits per heavy atom. The van der Waals surface area contributed by atoms with E-state index in [0.29, 0.717) is 12.1 Å². The highest BCUT2D eigenvalue weighted by atomic mass is 16.5. The quantitative estimate of drug-likeness (QED) is 0.556. The molecule has 2 heterocycles. The van der Waals surface area contributed by atoms with Crippen molar-refractivity contribution in [2.75, 3.05) is 6.61 Å². The molecule has 0 amide bonds. The lowest BCUT2D eigenvalue weighted by molar-refractivity contribution is 0.0511. The summed E-state index contributed by atoms with van der Waals surface area (Å²) in [5, 5.41) is 2.76. The Morgan fingerprint density at radius 2 is 1.74 bits per heavy atom. The van der Waals surface area contributed by atoms with Crippen LogP contribution < -0.4 is 5.56 Å². The number of hydrogen-bond donors (Lipinski definition) is 1. The average molecular weight is 359 g/mol. The zero-order chi connectivity index (χ0) is 18.6. The summed E-state index contributed by atoms with van der Waals surface area (Å²) in [5.41, 5.74) is 2.61. The maximum Gasteiger partial charge on any atom is 0.343 e. The number of fused-ring (bicyclic) bond motifs is 1. The number of nitrogens with zero attached hydrogens (tertiary/aromatic N) is 2. The Labute approximate surface area is 155 Å². The average Bonchev–Trinajstić information content (AvgIpc) is 3.14. The van der Waals surface area contributed by atoms with Gasteiger partial charge in [-0.25, -0.2) is 14.3 Å². The van der Waals surface area contributed by atoms with Gasteiger partial charge in [0.15, 0.2) is 5.65 Å². The predicted molar refractivity (Wildman–Crippen MR) is 102 cm³/mol. The largest absolute Gasteiger partial charge is 0.462 e. The van der Waals surface area contributed by atoms with Gasteiger partial charge >= 0.3 is 5.97 Å². The monoisotopic (exact) mass is 359 g/mol. The van der Waals surface area contributed by atoms with E-state index in [4.69, 9.17) is 4.74 Å². The molecular formula is C21H17N3O3. The molecule has 0 atom stereocenters. The molecule has 0 aliphatic heterocycles. The topological polar surface area (TPSA) is 76.5 Å². The summed E-state index contributed by atoms with van der Waals surface area (Å²) in [7, 11) is 0. The van der Waals surface area contributed by atoms with E-state index in [2.05, 4.69) is 10.1 Å². The van der Waals surface area contributed by atoms with Gasteiger partial charge in [-0.3, -0.25) is 9.89 Å². The smallest absolute Gasteiger partial charge is 0.343 e. The Balaban J connectivity index is 1.59. The van der Waals surface area contributed by atoms with Crippen molar-refractivity contribution >= 4 is 11.6 Å². The lowest BCUT2D eigenvalue weighted by Crippen LogP contribution is -2.15. The lowest BCUT2D eigenvalue weighted by atomic mass is 10.1. The van der Waals surface area contributed by atoms with Gasteiger partial charge in [-0.05, 0) is 5.56 Å². The second-order valence-corrected chi connectivity index (χ2v) is 6.06. The molecule has 0 aliphatic rings. The maximum atomic E-state index is 12.5. The minimum Gasteiger partial charge on any atom is -0.462 e. The Hall–Kier alpha value is -3.67. The second kappa shape index (κ2) is 7.29. The van der Waals surface area contributed by atoms with E-state index in [1.54, 1.807) is 0 Å². The maximum absolute atomic E-state index is 12.5. The van der Waals surface area contributed by atoms with Gasteiger partial charge in [-0.15, -0.1) is 0 Å². The van der Waals surface area contributed by atoms with Crippen LogP contribution in [0.4, 0.5) is 0 Å². The first kappa shape index (κ1) is 16.8. The molecule has 0 spiro atoms. The van der Waals surface area contributed by atoms with Crippen molar-refractivity contribution in [2.24, 2.45) is 0 Å². The molecule has 27 heavy (non-hydrogen) atoms. The van der Waals surface area contributed by atoms with Crippen LogP contribution in [0.25, 0.3) is 16.9 Å². The molecule has 6 nitrogen and oxygen atoms in total. The van der Waals surface area contributed by atoms with E-state index in [1.807, 2.05) is 60.7 Å². The van der Waals surface area contributed by atoms with E-state index in [1.165, 1.54) is 16.8 Å². The number of hydrogen-bond acceptors (Lipinski definition) is 4. The normalized spacial score (nSPS) is 10.8. The molecule has 0 saturated carbocycles. The highest BCUT2D eigenvalue weighted by molar-refractivity contribution is 5.95. The van der Waals surface area contributed by atoms with Crippen molar-refractivity contribution < 1.29 is 9.53 Å². The third-order valence-electron chi connectivity index (χ3n) is 4.25. The summed E-state index contributed by atoms with van der Waals surface area (Å²) in [6.07, 6.45) is 2.07. The molecule has 0 aliphatic carbocycles. The number of rotatable bonds is 5. The van der Waals surface area contributed by atoms with Crippen molar-refractivity contribution in [1.29, 1.82) is 0 Å². The van der Waals surface area contributed by atoms with Crippen LogP contribution in [-0.2, 0) is 11.2 Å². The fourth-order valence-electron chi connectivity index (χ4n) is 2.87. The van der Waals surface area contributed by atoms with Gasteiger partial charge in [0.1, 0.15) is 5.56 Å². The minimum atomic E-state index is -0.512. The van der Waals surface area contributed by atoms with Crippen LogP contribution in [0, 0.1) is 0 Å². The van der Waals surface area contributed by atoms with Crippen LogP contribution in [0.15, 0.2) is 77.7 Å². The number of aromatic nitrogens is 3. The third-order valence-corrected chi connectivity index (χ3v) is 4.25. The van der Waals surface area contributed by atoms with E-state index in [9.17, 15) is 9.59 Å². The molecule has 134 valence electrons. The summed E-state index contributed by atoms with van der Waals surface area (Å²) in [6.45, 7) is 0.253. The SMILES string of the molecule is O=C(OCCc1ccccc1)c1c[nH]n2c(=O)cc(-c3ccccc3)nc12. The van der Waals surface area contributed by atoms with Gasteiger partial charge in [0, 0.05) is 24.2 Å². The zero-order valence-electron chi connectivity index (χ0n) is 14.5. The van der Waals surface area contributed by atoms with Gasteiger partial charge < -0.3 is 4.74 Å². The first-order chi connectivity index (χ1) is 13.2. The number of ether oxygens (including phenoxy) is 1. The Morgan fingerprint density at radius 3 is 2.48 bits per heavy atom. The molecule has 0 fully saturated rings. The number of benzene rings is 2. The zero-order valence-corrected chi connectivity index (χ0v) is 14.5. The van der Waals surface area contributed by atoms with Crippen molar-refractivity contribution in [3.8, 4) is 11.3 Å². The highest BCUT2D eigenvalue weighted by Crippen LogP contribution is 2.17. The van der Waals surface area contributed by atoms with Crippen LogP contribution in [0.2, 0.25) is 0 Å². The fraction of sp³-hybridized carbons (Fsp3) is 0.0952. The van der Waals surface area contributed by atoms with E-state index < -0.39 is 5.97 Å². The summed E-state index contributed by atoms with van der Waals surface area (Å²) in [5.74, 6) is -0.512. The van der Waals surface area contributed by atoms with Crippen molar-refractivity contribution in [2.45, 2.75) is 6.42 Å². The molecular weight excluding hydrogens is 342 g/mol. The number of aromatic amines is 1. The molecule has 1 N–H and O–H groups in total. The van der Waals surface area contributed by atoms with Crippen molar-refractivity contribution in [3.05, 3.63) is 94.4 Å². The minimum absolute atomic E-state index is 0.234. The van der Waals surface area contributed by atoms with E-state index >= 15 is 0 Å². The summed E-state index contributed by atoms with van der Waals surface area (Å²) < 4.78 is 6.61. The van der Waals surface area contributed by atoms with Crippen LogP contribution in [0.5, 0.6) is 0 Å². The van der Waals surface area contributed by atoms with Crippen LogP contribution in [0.3, 0.4) is 0 Å². The Kier molecular flexibility index (Phi) is 4.53. The van der Waals surface area contributed by atoms with E-state index in [-0.39, 0.29) is 23.4 Å². The fourth-order valence-corrected chi connectivity index (χ4v) is 2.87. The van der Waals surface area contributed by atoms with Gasteiger partial charge in [0.2, 0.25) is 0 Å². The number of carbonyl (C=O) groups is 1. The molecule has 0 bridgehead atoms. The molecule has 0 radical (unpaired) electrons. The predicted octanol–water partition coefficient (Wildman–Crippen LogP) is 3.09. The van der Waals surface area contributed by atoms with Gasteiger partial charge in [-0.2, -0.15) is 0 Å². The van der Waals surface area contributed by atoms with Gasteiger partial charge in [-0.1, -0.05) is 60.7 Å². The molecule has 0 saturated heterocycles. The van der Waals surface area contributed by atoms with Crippen molar-refractivity contribution in [1.82, 2.24) is 14.6 Å². The second-order valence-electron chi connectivity index (χ2n) is 6.06. The summed E-state index contributed by atoms with van der Waals surface area (Å²) in [4.78, 5) is 29.3. The molecule has 4 aromatic rings. The van der Waals surface area contributed by atoms with E-state index in [0.717, 1.165) is 11.1 Å². The number of nitrogens with one attached hydrogen (secondary N) is 1. The van der Waals surface area contributed by atoms with Crippen LogP contribution in [-0.4, -0.2) is 27.2 Å². The molecule has 2 aromatic carbocycles. The van der Waals surface area contributed by atoms with Crippen LogP contribution >= 0.6 is 0 Å². The molecule has 6 heteroatoms. The van der Waals surface area contributed by atoms with Crippen molar-refractivity contribution in [3.63, 3.8) is 0 Å². The first-order valence-corrected chi connectivity index (χ1v) is 8.60. The number of carbonyl (C=O) groups excluding carboxylic acids is 1. The third kappa shape index (κ3) is 3.50. The van der Waals surface area contributed by atoms with Gasteiger partial charge in [0.05, 0.1) is 12.3 Å². The summed E-state index contributed by atoms with van der Waals surface area (Å²) >= 11 is 0. The van der Waals surface area contributed by atoms with Crippen LogP contribution in [0.1, 0.15) is 15.9 Å². The lowest BCUT2D eigenvalue weighted by Gasteiger charge is -2.05. The number of H-pyrrole nitrogens is 1. The Bertz CT molecular complexity index is 1130. The molecule has 4 rings (SSSR count). The summed E-state index contributed by atoms with van der Waals surface area (Å²) in [6, 6.07) is 20.6. The molecule has 2 aromatic heterocycles. The molecule has 0 unspecified atom stereocenters. The number of esters is 1. The standard InChI is InChI=1S/C21H17N3O3/c25-19-13-18(16-9-5-2-6-10-16)23-20-17(14-22-24(19)20)21(26)27-12-11-15-7-3-1-4-8-15/h1-10,13-14,22H,11-12H2. The van der Waals surface area contributed by atoms with Gasteiger partial charge in [0.25, 0.3) is 5.56 Å².